The van der Waals surface area contributed by atoms with Crippen molar-refractivity contribution in [3.63, 3.8) is 0 Å². The van der Waals surface area contributed by atoms with Crippen LogP contribution in [0.4, 0.5) is 11.4 Å². The zero-order valence-corrected chi connectivity index (χ0v) is 17.9. The molecule has 31 heavy (non-hydrogen) atoms. The highest BCUT2D eigenvalue weighted by molar-refractivity contribution is 9.10. The number of carbonyl (C=O) groups is 1. The molecule has 0 atom stereocenters. The van der Waals surface area contributed by atoms with Crippen molar-refractivity contribution in [3.8, 4) is 22.8 Å². The summed E-state index contributed by atoms with van der Waals surface area (Å²) in [6.07, 6.45) is 1.61. The second kappa shape index (κ2) is 8.53. The number of rotatable bonds is 5. The zero-order valence-electron chi connectivity index (χ0n) is 16.3. The van der Waals surface area contributed by atoms with E-state index < -0.39 is 10.8 Å². The van der Waals surface area contributed by atoms with Gasteiger partial charge in [-0.25, -0.2) is 4.98 Å². The van der Waals surface area contributed by atoms with Gasteiger partial charge in [0.2, 0.25) is 5.89 Å². The lowest BCUT2D eigenvalue weighted by molar-refractivity contribution is -0.385. The monoisotopic (exact) mass is 477 g/mol. The van der Waals surface area contributed by atoms with Gasteiger partial charge < -0.3 is 9.73 Å². The molecule has 1 N–H and O–H groups in total. The number of nitrogens with zero attached hydrogens (tertiary/aromatic N) is 2. The van der Waals surface area contributed by atoms with Gasteiger partial charge >= 0.3 is 0 Å². The summed E-state index contributed by atoms with van der Waals surface area (Å²) < 4.78 is 6.84. The quantitative estimate of drug-likeness (QED) is 0.271. The summed E-state index contributed by atoms with van der Waals surface area (Å²) in [5, 5.41) is 13.9. The predicted octanol–water partition coefficient (Wildman–Crippen LogP) is 6.24. The van der Waals surface area contributed by atoms with Crippen molar-refractivity contribution < 1.29 is 14.1 Å². The van der Waals surface area contributed by atoms with Gasteiger partial charge in [-0.2, -0.15) is 0 Å². The fourth-order valence-corrected chi connectivity index (χ4v) is 3.59. The molecule has 0 saturated heterocycles. The normalized spacial score (nSPS) is 10.6. The van der Waals surface area contributed by atoms with E-state index in [1.54, 1.807) is 43.5 Å². The smallest absolute Gasteiger partial charge is 0.274 e. The van der Waals surface area contributed by atoms with Gasteiger partial charge in [0.05, 0.1) is 27.9 Å². The van der Waals surface area contributed by atoms with Crippen LogP contribution >= 0.6 is 15.9 Å². The second-order valence-corrected chi connectivity index (χ2v) is 7.66. The molecule has 4 rings (SSSR count). The van der Waals surface area contributed by atoms with Crippen LogP contribution in [0.2, 0.25) is 0 Å². The molecule has 0 spiro atoms. The molecule has 4 aromatic rings. The summed E-state index contributed by atoms with van der Waals surface area (Å²) >= 11 is 3.44. The fraction of sp³-hybridized carbons (Fsp3) is 0.0435. The van der Waals surface area contributed by atoms with Gasteiger partial charge in [0.15, 0.2) is 5.76 Å². The van der Waals surface area contributed by atoms with Crippen LogP contribution in [0.3, 0.4) is 0 Å². The van der Waals surface area contributed by atoms with Crippen LogP contribution in [-0.4, -0.2) is 15.8 Å². The number of carbonyl (C=O) groups excluding carboxylic acids is 1. The molecule has 0 aliphatic heterocycles. The molecule has 1 amide bonds. The van der Waals surface area contributed by atoms with E-state index >= 15 is 0 Å². The first-order valence-corrected chi connectivity index (χ1v) is 10.1. The molecule has 0 aliphatic carbocycles. The lowest BCUT2D eigenvalue weighted by Crippen LogP contribution is -2.14. The van der Waals surface area contributed by atoms with Crippen LogP contribution in [0.1, 0.15) is 15.9 Å². The van der Waals surface area contributed by atoms with Crippen LogP contribution in [0.15, 0.2) is 81.8 Å². The first kappa shape index (κ1) is 20.5. The average Bonchev–Trinajstić information content (AvgIpc) is 3.25. The third kappa shape index (κ3) is 4.24. The zero-order chi connectivity index (χ0) is 22.0. The molecule has 8 heteroatoms. The molecule has 7 nitrogen and oxygen atoms in total. The lowest BCUT2D eigenvalue weighted by Gasteiger charge is -2.10. The number of hydrogen-bond donors (Lipinski definition) is 1. The van der Waals surface area contributed by atoms with Crippen molar-refractivity contribution in [2.45, 2.75) is 6.92 Å². The van der Waals surface area contributed by atoms with E-state index in [-0.39, 0.29) is 5.69 Å². The van der Waals surface area contributed by atoms with E-state index in [2.05, 4.69) is 26.2 Å². The number of nitro groups is 1. The summed E-state index contributed by atoms with van der Waals surface area (Å²) in [6, 6.07) is 19.1. The minimum Gasteiger partial charge on any atom is -0.436 e. The minimum atomic E-state index is -0.477. The molecular formula is C23H16BrN3O4. The number of halogens is 1. The number of amides is 1. The second-order valence-electron chi connectivity index (χ2n) is 6.75. The Bertz CT molecular complexity index is 1300. The van der Waals surface area contributed by atoms with Gasteiger partial charge in [-0.1, -0.05) is 46.3 Å². The number of hydrogen-bond acceptors (Lipinski definition) is 5. The fourth-order valence-electron chi connectivity index (χ4n) is 3.19. The summed E-state index contributed by atoms with van der Waals surface area (Å²) in [7, 11) is 0. The molecule has 0 fully saturated rings. The highest BCUT2D eigenvalue weighted by atomic mass is 79.9. The molecular weight excluding hydrogens is 462 g/mol. The van der Waals surface area contributed by atoms with Crippen molar-refractivity contribution in [3.05, 3.63) is 98.6 Å². The maximum Gasteiger partial charge on any atom is 0.274 e. The number of nitrogens with one attached hydrogen (secondary N) is 1. The Balaban J connectivity index is 1.66. The van der Waals surface area contributed by atoms with Gasteiger partial charge in [-0.15, -0.1) is 0 Å². The van der Waals surface area contributed by atoms with Crippen LogP contribution in [-0.2, 0) is 0 Å². The maximum absolute atomic E-state index is 13.0. The highest BCUT2D eigenvalue weighted by Crippen LogP contribution is 2.31. The molecule has 0 unspecified atom stereocenters. The van der Waals surface area contributed by atoms with E-state index in [1.165, 1.54) is 12.1 Å². The predicted molar refractivity (Wildman–Crippen MR) is 121 cm³/mol. The number of oxazole rings is 1. The molecule has 0 saturated carbocycles. The number of aromatic nitrogens is 1. The Hall–Kier alpha value is -3.78. The van der Waals surface area contributed by atoms with Crippen molar-refractivity contribution in [1.82, 2.24) is 4.98 Å². The Morgan fingerprint density at radius 2 is 1.87 bits per heavy atom. The average molecular weight is 478 g/mol. The van der Waals surface area contributed by atoms with Gasteiger partial charge in [0.1, 0.15) is 0 Å². The van der Waals surface area contributed by atoms with Crippen molar-refractivity contribution in [2.75, 3.05) is 5.32 Å². The van der Waals surface area contributed by atoms with Gasteiger partial charge in [0.25, 0.3) is 11.6 Å². The lowest BCUT2D eigenvalue weighted by atomic mass is 10.1. The molecule has 0 bridgehead atoms. The largest absolute Gasteiger partial charge is 0.436 e. The van der Waals surface area contributed by atoms with E-state index in [4.69, 9.17) is 4.42 Å². The third-order valence-corrected chi connectivity index (χ3v) is 5.26. The van der Waals surface area contributed by atoms with Crippen LogP contribution in [0.5, 0.6) is 0 Å². The highest BCUT2D eigenvalue weighted by Gasteiger charge is 2.19. The van der Waals surface area contributed by atoms with E-state index in [0.717, 1.165) is 10.0 Å². The first-order chi connectivity index (χ1) is 14.9. The van der Waals surface area contributed by atoms with Crippen LogP contribution in [0, 0.1) is 17.0 Å². The molecule has 0 aliphatic rings. The SMILES string of the molecule is Cc1c(NC(=O)c2ccccc2-c2ncc(-c3cccc(Br)c3)o2)cccc1[N+](=O)[O-]. The summed E-state index contributed by atoms with van der Waals surface area (Å²) in [5.41, 5.74) is 2.41. The number of benzene rings is 3. The van der Waals surface area contributed by atoms with Crippen LogP contribution < -0.4 is 5.32 Å². The summed E-state index contributed by atoms with van der Waals surface area (Å²) in [6.45, 7) is 1.60. The molecule has 0 radical (unpaired) electrons. The molecule has 154 valence electrons. The van der Waals surface area contributed by atoms with Gasteiger partial charge in [-0.05, 0) is 37.3 Å². The summed E-state index contributed by atoms with van der Waals surface area (Å²) in [5.74, 6) is 0.457. The first-order valence-electron chi connectivity index (χ1n) is 9.30. The summed E-state index contributed by atoms with van der Waals surface area (Å²) in [4.78, 5) is 28.1. The van der Waals surface area contributed by atoms with Crippen molar-refractivity contribution in [2.24, 2.45) is 0 Å². The van der Waals surface area contributed by atoms with Crippen molar-refractivity contribution in [1.29, 1.82) is 0 Å². The Morgan fingerprint density at radius 3 is 2.65 bits per heavy atom. The number of anilines is 1. The van der Waals surface area contributed by atoms with Crippen molar-refractivity contribution >= 4 is 33.2 Å². The maximum atomic E-state index is 13.0. The molecule has 1 heterocycles. The standard InChI is InChI=1S/C23H16BrN3O4/c1-14-19(10-5-11-20(14)27(29)30)26-22(28)17-8-2-3-9-18(17)23-25-13-21(31-23)15-6-4-7-16(24)12-15/h2-13H,1H3,(H,26,28). The molecule has 1 aromatic heterocycles. The van der Waals surface area contributed by atoms with Crippen LogP contribution in [0.25, 0.3) is 22.8 Å². The number of nitro benzene ring substituents is 1. The van der Waals surface area contributed by atoms with E-state index in [0.29, 0.717) is 34.0 Å². The van der Waals surface area contributed by atoms with Gasteiger partial charge in [0, 0.05) is 21.7 Å². The third-order valence-electron chi connectivity index (χ3n) is 4.77. The Kier molecular flexibility index (Phi) is 5.64. The minimum absolute atomic E-state index is 0.0579. The van der Waals surface area contributed by atoms with E-state index in [1.807, 2.05) is 24.3 Å². The molecule has 3 aromatic carbocycles. The topological polar surface area (TPSA) is 98.3 Å². The Labute approximate surface area is 186 Å². The van der Waals surface area contributed by atoms with Gasteiger partial charge in [-0.3, -0.25) is 14.9 Å². The Morgan fingerprint density at radius 1 is 1.10 bits per heavy atom. The van der Waals surface area contributed by atoms with E-state index in [9.17, 15) is 14.9 Å².